The number of carbonyl (C=O) groups excluding carboxylic acids is 1. The number of primary amides is 1. The molecule has 5 nitrogen and oxygen atoms in total. The van der Waals surface area contributed by atoms with E-state index in [1.807, 2.05) is 18.2 Å². The number of halogens is 1. The summed E-state index contributed by atoms with van der Waals surface area (Å²) in [6.45, 7) is 1.45. The molecule has 4 N–H and O–H groups in total. The van der Waals surface area contributed by atoms with Crippen LogP contribution in [0.4, 0.5) is 0 Å². The van der Waals surface area contributed by atoms with Crippen LogP contribution >= 0.6 is 22.9 Å². The zero-order valence-electron chi connectivity index (χ0n) is 12.2. The van der Waals surface area contributed by atoms with Gasteiger partial charge in [0.2, 0.25) is 0 Å². The maximum absolute atomic E-state index is 10.8. The predicted molar refractivity (Wildman–Crippen MR) is 86.3 cm³/mol. The molecule has 1 amide bonds. The fourth-order valence-corrected chi connectivity index (χ4v) is 2.98. The molecule has 0 saturated carbocycles. The van der Waals surface area contributed by atoms with Crippen LogP contribution in [0.2, 0.25) is 5.02 Å². The highest BCUT2D eigenvalue weighted by atomic mass is 35.5. The fourth-order valence-electron chi connectivity index (χ4n) is 1.98. The number of quaternary nitrogens is 1. The van der Waals surface area contributed by atoms with Crippen molar-refractivity contribution in [3.05, 3.63) is 45.1 Å². The average Bonchev–Trinajstić information content (AvgIpc) is 2.98. The summed E-state index contributed by atoms with van der Waals surface area (Å²) < 4.78 is 10.6. The molecular formula is C15H18ClN2O3S+. The first-order valence-electron chi connectivity index (χ1n) is 6.71. The first kappa shape index (κ1) is 16.6. The minimum Gasteiger partial charge on any atom is -0.493 e. The molecule has 2 rings (SSSR count). The van der Waals surface area contributed by atoms with Gasteiger partial charge in [-0.2, -0.15) is 0 Å². The molecule has 0 fully saturated rings. The van der Waals surface area contributed by atoms with E-state index in [0.717, 1.165) is 18.7 Å². The van der Waals surface area contributed by atoms with Crippen molar-refractivity contribution in [2.24, 2.45) is 5.73 Å². The van der Waals surface area contributed by atoms with E-state index in [1.165, 1.54) is 12.0 Å². The highest BCUT2D eigenvalue weighted by Gasteiger charge is 2.13. The van der Waals surface area contributed by atoms with Gasteiger partial charge in [-0.05, 0) is 23.6 Å². The number of ether oxygens (including phenoxy) is 2. The van der Waals surface area contributed by atoms with Crippen LogP contribution < -0.4 is 20.5 Å². The van der Waals surface area contributed by atoms with Gasteiger partial charge < -0.3 is 20.5 Å². The van der Waals surface area contributed by atoms with E-state index in [1.54, 1.807) is 11.3 Å². The van der Waals surface area contributed by atoms with Gasteiger partial charge in [0, 0.05) is 5.56 Å². The molecule has 0 aliphatic heterocycles. The minimum absolute atomic E-state index is 0.236. The second-order valence-electron chi connectivity index (χ2n) is 4.64. The third-order valence-corrected chi connectivity index (χ3v) is 4.13. The molecule has 0 aliphatic rings. The smallest absolute Gasteiger partial charge is 0.255 e. The summed E-state index contributed by atoms with van der Waals surface area (Å²) >= 11 is 7.94. The molecule has 0 saturated heterocycles. The second-order valence-corrected chi connectivity index (χ2v) is 6.08. The number of hydrogen-bond acceptors (Lipinski definition) is 4. The van der Waals surface area contributed by atoms with Crippen molar-refractivity contribution in [2.45, 2.75) is 13.1 Å². The Bertz CT molecular complexity index is 632. The van der Waals surface area contributed by atoms with Crippen molar-refractivity contribution in [3.8, 4) is 11.5 Å². The van der Waals surface area contributed by atoms with E-state index in [9.17, 15) is 4.79 Å². The Morgan fingerprint density at radius 2 is 2.23 bits per heavy atom. The molecule has 1 aromatic heterocycles. The zero-order chi connectivity index (χ0) is 15.9. The number of thiophene rings is 1. The fraction of sp³-hybridized carbons (Fsp3) is 0.267. The first-order valence-corrected chi connectivity index (χ1v) is 7.97. The Morgan fingerprint density at radius 3 is 2.86 bits per heavy atom. The Balaban J connectivity index is 2.03. The van der Waals surface area contributed by atoms with Gasteiger partial charge in [-0.15, -0.1) is 11.3 Å². The molecule has 0 spiro atoms. The summed E-state index contributed by atoms with van der Waals surface area (Å²) in [5.41, 5.74) is 6.09. The maximum atomic E-state index is 10.8. The quantitative estimate of drug-likeness (QED) is 0.764. The molecule has 1 aromatic carbocycles. The minimum atomic E-state index is -0.563. The lowest BCUT2D eigenvalue weighted by atomic mass is 10.2. The van der Waals surface area contributed by atoms with Gasteiger partial charge in [0.05, 0.1) is 17.0 Å². The van der Waals surface area contributed by atoms with E-state index < -0.39 is 5.91 Å². The molecule has 1 heterocycles. The van der Waals surface area contributed by atoms with Gasteiger partial charge in [-0.1, -0.05) is 17.7 Å². The van der Waals surface area contributed by atoms with Gasteiger partial charge in [-0.25, -0.2) is 0 Å². The number of hydrogen-bond donors (Lipinski definition) is 2. The Morgan fingerprint density at radius 1 is 1.41 bits per heavy atom. The number of amides is 1. The molecule has 7 heteroatoms. The van der Waals surface area contributed by atoms with Crippen LogP contribution in [-0.2, 0) is 17.9 Å². The summed E-state index contributed by atoms with van der Waals surface area (Å²) in [6, 6.07) is 7.81. The molecule has 0 radical (unpaired) electrons. The van der Waals surface area contributed by atoms with Gasteiger partial charge in [0.25, 0.3) is 5.91 Å². The summed E-state index contributed by atoms with van der Waals surface area (Å²) in [6.07, 6.45) is 0. The van der Waals surface area contributed by atoms with E-state index in [-0.39, 0.29) is 6.61 Å². The van der Waals surface area contributed by atoms with E-state index >= 15 is 0 Å². The van der Waals surface area contributed by atoms with Crippen molar-refractivity contribution in [2.75, 3.05) is 13.7 Å². The molecule has 0 atom stereocenters. The van der Waals surface area contributed by atoms with Crippen molar-refractivity contribution in [1.29, 1.82) is 0 Å². The molecule has 0 aliphatic carbocycles. The second kappa shape index (κ2) is 8.03. The highest BCUT2D eigenvalue weighted by molar-refractivity contribution is 7.09. The topological polar surface area (TPSA) is 78.2 Å². The van der Waals surface area contributed by atoms with Crippen molar-refractivity contribution >= 4 is 28.8 Å². The average molecular weight is 342 g/mol. The van der Waals surface area contributed by atoms with Crippen molar-refractivity contribution < 1.29 is 19.6 Å². The van der Waals surface area contributed by atoms with E-state index in [2.05, 4.69) is 16.8 Å². The maximum Gasteiger partial charge on any atom is 0.255 e. The molecule has 0 bridgehead atoms. The number of rotatable bonds is 8. The summed E-state index contributed by atoms with van der Waals surface area (Å²) in [5, 5.41) is 4.65. The highest BCUT2D eigenvalue weighted by Crippen LogP contribution is 2.36. The Hall–Kier alpha value is -1.76. The molecular weight excluding hydrogens is 324 g/mol. The largest absolute Gasteiger partial charge is 0.493 e. The standard InChI is InChI=1S/C15H17ClN2O3S/c1-20-13-6-10(7-18-8-11-3-2-4-22-11)5-12(16)15(13)21-9-14(17)19/h2-6,18H,7-9H2,1H3,(H2,17,19)/p+1. The van der Waals surface area contributed by atoms with Gasteiger partial charge in [0.15, 0.2) is 18.1 Å². The molecule has 2 aromatic rings. The lowest BCUT2D eigenvalue weighted by Crippen LogP contribution is -2.80. The van der Waals surface area contributed by atoms with Crippen LogP contribution in [0.1, 0.15) is 10.4 Å². The van der Waals surface area contributed by atoms with E-state index in [0.29, 0.717) is 16.5 Å². The monoisotopic (exact) mass is 341 g/mol. The van der Waals surface area contributed by atoms with Gasteiger partial charge in [0.1, 0.15) is 13.1 Å². The van der Waals surface area contributed by atoms with Crippen LogP contribution in [0.15, 0.2) is 29.6 Å². The lowest BCUT2D eigenvalue weighted by Gasteiger charge is -2.13. The SMILES string of the molecule is COc1cc(C[NH2+]Cc2cccs2)cc(Cl)c1OCC(N)=O. The number of methoxy groups -OCH3 is 1. The third kappa shape index (κ3) is 4.62. The van der Waals surface area contributed by atoms with Crippen molar-refractivity contribution in [1.82, 2.24) is 0 Å². The third-order valence-electron chi connectivity index (χ3n) is 2.95. The zero-order valence-corrected chi connectivity index (χ0v) is 13.7. The summed E-state index contributed by atoms with van der Waals surface area (Å²) in [5.74, 6) is 0.268. The van der Waals surface area contributed by atoms with Crippen LogP contribution in [0, 0.1) is 0 Å². The number of nitrogens with two attached hydrogens (primary N) is 2. The Kier molecular flexibility index (Phi) is 6.06. The summed E-state index contributed by atoms with van der Waals surface area (Å²) in [4.78, 5) is 12.1. The van der Waals surface area contributed by atoms with E-state index in [4.69, 9.17) is 26.8 Å². The first-order chi connectivity index (χ1) is 10.6. The molecule has 0 unspecified atom stereocenters. The van der Waals surface area contributed by atoms with Gasteiger partial charge in [-0.3, -0.25) is 4.79 Å². The predicted octanol–water partition coefficient (Wildman–Crippen LogP) is 1.54. The number of benzene rings is 1. The van der Waals surface area contributed by atoms with Crippen LogP contribution in [0.5, 0.6) is 11.5 Å². The van der Waals surface area contributed by atoms with Crippen LogP contribution in [-0.4, -0.2) is 19.6 Å². The lowest BCUT2D eigenvalue weighted by molar-refractivity contribution is -0.685. The summed E-state index contributed by atoms with van der Waals surface area (Å²) in [7, 11) is 1.53. The normalized spacial score (nSPS) is 10.5. The van der Waals surface area contributed by atoms with Crippen LogP contribution in [0.25, 0.3) is 0 Å². The molecule has 22 heavy (non-hydrogen) atoms. The van der Waals surface area contributed by atoms with Gasteiger partial charge >= 0.3 is 0 Å². The van der Waals surface area contributed by atoms with Crippen molar-refractivity contribution in [3.63, 3.8) is 0 Å². The Labute approximate surface area is 138 Å². The van der Waals surface area contributed by atoms with Crippen LogP contribution in [0.3, 0.4) is 0 Å². The molecule has 118 valence electrons. The number of carbonyl (C=O) groups is 1.